The summed E-state index contributed by atoms with van der Waals surface area (Å²) in [5, 5.41) is 0. The number of hydrogen-bond acceptors (Lipinski definition) is 6. The van der Waals surface area contributed by atoms with Crippen molar-refractivity contribution in [3.63, 3.8) is 0 Å². The van der Waals surface area contributed by atoms with E-state index in [0.717, 1.165) is 6.26 Å². The standard InChI is InChI=1S/C15H18O6S2/c1-12(16)15(23(19,20)14-8-4-3-5-9-14)11-13(15)7-6-10-21-22(2,17)18/h3-5,8-9,11H,6-7,10H2,1-2H3. The Morgan fingerprint density at radius 1 is 1.13 bits per heavy atom. The van der Waals surface area contributed by atoms with E-state index in [1.165, 1.54) is 25.1 Å². The molecule has 6 nitrogen and oxygen atoms in total. The first kappa shape index (κ1) is 17.8. The molecule has 0 heterocycles. The van der Waals surface area contributed by atoms with Gasteiger partial charge < -0.3 is 0 Å². The van der Waals surface area contributed by atoms with Gasteiger partial charge in [0, 0.05) is 0 Å². The molecule has 0 aromatic heterocycles. The summed E-state index contributed by atoms with van der Waals surface area (Å²) in [5.41, 5.74) is 0.492. The van der Waals surface area contributed by atoms with E-state index in [1.807, 2.05) is 0 Å². The van der Waals surface area contributed by atoms with Crippen LogP contribution >= 0.6 is 0 Å². The normalized spacial score (nSPS) is 20.9. The fraction of sp³-hybridized carbons (Fsp3) is 0.400. The van der Waals surface area contributed by atoms with Crippen molar-refractivity contribution in [1.29, 1.82) is 0 Å². The highest BCUT2D eigenvalue weighted by Gasteiger charge is 2.59. The maximum Gasteiger partial charge on any atom is 0.264 e. The topological polar surface area (TPSA) is 94.6 Å². The molecule has 0 N–H and O–H groups in total. The van der Waals surface area contributed by atoms with E-state index in [-0.39, 0.29) is 11.5 Å². The third kappa shape index (κ3) is 3.54. The highest BCUT2D eigenvalue weighted by Crippen LogP contribution is 2.48. The smallest absolute Gasteiger partial charge is 0.264 e. The van der Waals surface area contributed by atoms with E-state index in [2.05, 4.69) is 4.18 Å². The van der Waals surface area contributed by atoms with E-state index in [9.17, 15) is 21.6 Å². The minimum absolute atomic E-state index is 0.0461. The van der Waals surface area contributed by atoms with E-state index in [0.29, 0.717) is 18.4 Å². The van der Waals surface area contributed by atoms with Gasteiger partial charge in [-0.25, -0.2) is 8.42 Å². The van der Waals surface area contributed by atoms with Crippen molar-refractivity contribution in [2.24, 2.45) is 0 Å². The van der Waals surface area contributed by atoms with Gasteiger partial charge in [0.25, 0.3) is 10.1 Å². The van der Waals surface area contributed by atoms with Crippen molar-refractivity contribution >= 4 is 25.7 Å². The summed E-state index contributed by atoms with van der Waals surface area (Å²) in [6.45, 7) is 1.20. The van der Waals surface area contributed by atoms with Gasteiger partial charge in [-0.2, -0.15) is 8.42 Å². The second kappa shape index (κ2) is 6.18. The molecule has 1 atom stereocenters. The number of Topliss-reactive ketones (excluding diaryl/α,β-unsaturated/α-hetero) is 1. The zero-order chi connectivity index (χ0) is 17.3. The first-order valence-corrected chi connectivity index (χ1v) is 10.3. The van der Waals surface area contributed by atoms with Crippen LogP contribution in [0, 0.1) is 0 Å². The predicted octanol–water partition coefficient (Wildman–Crippen LogP) is 1.48. The lowest BCUT2D eigenvalue weighted by molar-refractivity contribution is -0.116. The van der Waals surface area contributed by atoms with Crippen molar-refractivity contribution < 1.29 is 25.8 Å². The molecule has 0 saturated carbocycles. The van der Waals surface area contributed by atoms with Gasteiger partial charge in [-0.3, -0.25) is 8.98 Å². The lowest BCUT2D eigenvalue weighted by Gasteiger charge is -2.16. The predicted molar refractivity (Wildman–Crippen MR) is 85.2 cm³/mol. The van der Waals surface area contributed by atoms with Gasteiger partial charge in [-0.05, 0) is 43.5 Å². The molecule has 126 valence electrons. The third-order valence-corrected chi connectivity index (χ3v) is 6.66. The van der Waals surface area contributed by atoms with Gasteiger partial charge >= 0.3 is 0 Å². The van der Waals surface area contributed by atoms with Crippen LogP contribution in [0.15, 0.2) is 46.9 Å². The Bertz CT molecular complexity index is 837. The summed E-state index contributed by atoms with van der Waals surface area (Å²) in [5.74, 6) is -0.458. The van der Waals surface area contributed by atoms with Gasteiger partial charge in [-0.1, -0.05) is 18.2 Å². The molecule has 0 radical (unpaired) electrons. The van der Waals surface area contributed by atoms with Crippen LogP contribution in [0.5, 0.6) is 0 Å². The maximum atomic E-state index is 12.8. The second-order valence-corrected chi connectivity index (χ2v) is 9.17. The average Bonchev–Trinajstić information content (AvgIpc) is 3.20. The Hall–Kier alpha value is -1.51. The number of carbonyl (C=O) groups excluding carboxylic acids is 1. The van der Waals surface area contributed by atoms with Crippen molar-refractivity contribution in [2.45, 2.75) is 29.4 Å². The van der Waals surface area contributed by atoms with Gasteiger partial charge in [0.15, 0.2) is 20.4 Å². The molecule has 23 heavy (non-hydrogen) atoms. The van der Waals surface area contributed by atoms with Crippen LogP contribution in [0.3, 0.4) is 0 Å². The number of carbonyl (C=O) groups is 1. The van der Waals surface area contributed by atoms with Gasteiger partial charge in [0.1, 0.15) is 0 Å². The zero-order valence-electron chi connectivity index (χ0n) is 12.9. The molecule has 8 heteroatoms. The molecule has 0 saturated heterocycles. The van der Waals surface area contributed by atoms with E-state index in [1.54, 1.807) is 18.2 Å². The van der Waals surface area contributed by atoms with Gasteiger partial charge in [0.05, 0.1) is 17.8 Å². The van der Waals surface area contributed by atoms with Crippen LogP contribution < -0.4 is 0 Å². The number of sulfone groups is 1. The highest BCUT2D eigenvalue weighted by molar-refractivity contribution is 7.94. The summed E-state index contributed by atoms with van der Waals surface area (Å²) in [4.78, 5) is 12.1. The Labute approximate surface area is 136 Å². The number of rotatable bonds is 8. The largest absolute Gasteiger partial charge is 0.297 e. The lowest BCUT2D eigenvalue weighted by atomic mass is 10.1. The molecule has 0 fully saturated rings. The second-order valence-electron chi connectivity index (χ2n) is 5.41. The van der Waals surface area contributed by atoms with E-state index < -0.39 is 30.5 Å². The summed E-state index contributed by atoms with van der Waals surface area (Å²) in [6, 6.07) is 7.81. The fourth-order valence-electron chi connectivity index (χ4n) is 2.49. The first-order chi connectivity index (χ1) is 10.6. The zero-order valence-corrected chi connectivity index (χ0v) is 14.5. The molecule has 1 aromatic rings. The minimum Gasteiger partial charge on any atom is -0.297 e. The summed E-state index contributed by atoms with van der Waals surface area (Å²) in [7, 11) is -7.37. The third-order valence-electron chi connectivity index (χ3n) is 3.66. The SMILES string of the molecule is CC(=O)C1(S(=O)(=O)c2ccccc2)C=C1CCCOS(C)(=O)=O. The molecule has 0 aliphatic heterocycles. The van der Waals surface area contributed by atoms with Crippen LogP contribution in [-0.4, -0.2) is 40.2 Å². The Balaban J connectivity index is 2.12. The molecule has 2 rings (SSSR count). The summed E-state index contributed by atoms with van der Waals surface area (Å²) < 4.78 is 50.3. The number of benzene rings is 1. The van der Waals surface area contributed by atoms with Crippen LogP contribution in [0.1, 0.15) is 19.8 Å². The van der Waals surface area contributed by atoms with Gasteiger partial charge in [-0.15, -0.1) is 0 Å². The van der Waals surface area contributed by atoms with Gasteiger partial charge in [0.2, 0.25) is 0 Å². The van der Waals surface area contributed by atoms with E-state index >= 15 is 0 Å². The lowest BCUT2D eigenvalue weighted by Crippen LogP contribution is -2.34. The molecule has 1 aromatic carbocycles. The van der Waals surface area contributed by atoms with Crippen molar-refractivity contribution in [3.05, 3.63) is 42.0 Å². The molecule has 1 aliphatic rings. The Morgan fingerprint density at radius 3 is 2.26 bits per heavy atom. The molecule has 0 spiro atoms. The summed E-state index contributed by atoms with van der Waals surface area (Å²) >= 11 is 0. The molecule has 1 unspecified atom stereocenters. The number of ketones is 1. The van der Waals surface area contributed by atoms with Crippen molar-refractivity contribution in [1.82, 2.24) is 0 Å². The fourth-order valence-corrected chi connectivity index (χ4v) is 4.92. The monoisotopic (exact) mass is 358 g/mol. The Morgan fingerprint density at radius 2 is 1.74 bits per heavy atom. The van der Waals surface area contributed by atoms with Crippen LogP contribution in [0.25, 0.3) is 0 Å². The maximum absolute atomic E-state index is 12.8. The van der Waals surface area contributed by atoms with Crippen molar-refractivity contribution in [3.8, 4) is 0 Å². The average molecular weight is 358 g/mol. The molecule has 0 bridgehead atoms. The Kier molecular flexibility index (Phi) is 4.79. The molecule has 1 aliphatic carbocycles. The summed E-state index contributed by atoms with van der Waals surface area (Å²) in [6.07, 6.45) is 3.00. The quantitative estimate of drug-likeness (QED) is 0.397. The van der Waals surface area contributed by atoms with E-state index in [4.69, 9.17) is 0 Å². The van der Waals surface area contributed by atoms with Crippen LogP contribution in [0.4, 0.5) is 0 Å². The number of hydrogen-bond donors (Lipinski definition) is 0. The molecule has 0 amide bonds. The van der Waals surface area contributed by atoms with Crippen LogP contribution in [0.2, 0.25) is 0 Å². The molecular weight excluding hydrogens is 340 g/mol. The first-order valence-electron chi connectivity index (χ1n) is 6.98. The minimum atomic E-state index is -3.84. The highest BCUT2D eigenvalue weighted by atomic mass is 32.2. The molecular formula is C15H18O6S2. The van der Waals surface area contributed by atoms with Crippen LogP contribution in [-0.2, 0) is 28.9 Å². The van der Waals surface area contributed by atoms with Crippen molar-refractivity contribution in [2.75, 3.05) is 12.9 Å².